The number of rotatable bonds is 0. The second-order valence-corrected chi connectivity index (χ2v) is 4.04. The van der Waals surface area contributed by atoms with Crippen LogP contribution in [0.5, 0.6) is 0 Å². The molecule has 0 N–H and O–H groups in total. The fourth-order valence-corrected chi connectivity index (χ4v) is 2.33. The van der Waals surface area contributed by atoms with Gasteiger partial charge in [-0.25, -0.2) is 0 Å². The van der Waals surface area contributed by atoms with Crippen molar-refractivity contribution in [3.8, 4) is 0 Å². The van der Waals surface area contributed by atoms with Crippen molar-refractivity contribution in [2.24, 2.45) is 5.92 Å². The Bertz CT molecular complexity index is 104. The predicted octanol–water partition coefficient (Wildman–Crippen LogP) is 2.75. The summed E-state index contributed by atoms with van der Waals surface area (Å²) in [7, 11) is 0. The predicted molar refractivity (Wildman–Crippen MR) is 45.5 cm³/mol. The van der Waals surface area contributed by atoms with E-state index in [0.717, 1.165) is 12.5 Å². The molecular weight excluding hydrogens is 136 g/mol. The lowest BCUT2D eigenvalue weighted by Crippen LogP contribution is -2.16. The van der Waals surface area contributed by atoms with Crippen LogP contribution in [0, 0.1) is 5.92 Å². The maximum absolute atomic E-state index is 5.81. The zero-order valence-electron chi connectivity index (χ0n) is 7.22. The van der Waals surface area contributed by atoms with Gasteiger partial charge in [0.25, 0.3) is 0 Å². The lowest BCUT2D eigenvalue weighted by Gasteiger charge is -2.20. The van der Waals surface area contributed by atoms with Crippen LogP contribution in [0.15, 0.2) is 0 Å². The van der Waals surface area contributed by atoms with Gasteiger partial charge in [-0.1, -0.05) is 19.3 Å². The third-order valence-electron chi connectivity index (χ3n) is 3.09. The van der Waals surface area contributed by atoms with Crippen molar-refractivity contribution in [2.45, 2.75) is 51.0 Å². The maximum atomic E-state index is 5.81. The first kappa shape index (κ1) is 7.60. The summed E-state index contributed by atoms with van der Waals surface area (Å²) in [5, 5.41) is 0. The Kier molecular flexibility index (Phi) is 2.47. The second-order valence-electron chi connectivity index (χ2n) is 4.04. The molecule has 2 saturated heterocycles. The summed E-state index contributed by atoms with van der Waals surface area (Å²) in [5.74, 6) is 0.903. The van der Waals surface area contributed by atoms with Gasteiger partial charge in [0.05, 0.1) is 6.10 Å². The molecule has 2 aliphatic rings. The molecule has 2 aliphatic heterocycles. The van der Waals surface area contributed by atoms with Crippen molar-refractivity contribution in [1.29, 1.82) is 0 Å². The zero-order chi connectivity index (χ0) is 7.52. The molecular formula is C10H18O. The highest BCUT2D eigenvalue weighted by molar-refractivity contribution is 4.71. The Morgan fingerprint density at radius 3 is 2.55 bits per heavy atom. The number of hydrogen-bond acceptors (Lipinski definition) is 1. The third-order valence-corrected chi connectivity index (χ3v) is 3.09. The van der Waals surface area contributed by atoms with E-state index in [9.17, 15) is 0 Å². The molecule has 1 heteroatoms. The summed E-state index contributed by atoms with van der Waals surface area (Å²) in [6.07, 6.45) is 10.4. The van der Waals surface area contributed by atoms with Crippen LogP contribution in [0.4, 0.5) is 0 Å². The largest absolute Gasteiger partial charge is 0.378 e. The van der Waals surface area contributed by atoms with Crippen LogP contribution >= 0.6 is 0 Å². The number of fused-ring (bicyclic) bond motifs is 3. The summed E-state index contributed by atoms with van der Waals surface area (Å²) in [4.78, 5) is 0. The van der Waals surface area contributed by atoms with Crippen LogP contribution in [-0.2, 0) is 4.74 Å². The first-order valence-corrected chi connectivity index (χ1v) is 5.07. The van der Waals surface area contributed by atoms with Crippen molar-refractivity contribution in [3.05, 3.63) is 0 Å². The monoisotopic (exact) mass is 154 g/mol. The lowest BCUT2D eigenvalue weighted by atomic mass is 9.98. The van der Waals surface area contributed by atoms with Crippen molar-refractivity contribution in [1.82, 2.24) is 0 Å². The van der Waals surface area contributed by atoms with Gasteiger partial charge in [-0.05, 0) is 31.6 Å². The van der Waals surface area contributed by atoms with Gasteiger partial charge in [0, 0.05) is 6.61 Å². The van der Waals surface area contributed by atoms with E-state index < -0.39 is 0 Å². The van der Waals surface area contributed by atoms with Crippen LogP contribution in [0.2, 0.25) is 0 Å². The SMILES string of the molecule is C1CCC2CCCC(C1)CO2. The molecule has 0 saturated carbocycles. The van der Waals surface area contributed by atoms with Crippen molar-refractivity contribution >= 4 is 0 Å². The second kappa shape index (κ2) is 3.57. The normalized spacial score (nSPS) is 39.3. The van der Waals surface area contributed by atoms with E-state index >= 15 is 0 Å². The Hall–Kier alpha value is -0.0400. The van der Waals surface area contributed by atoms with Gasteiger partial charge in [0.15, 0.2) is 0 Å². The first-order valence-electron chi connectivity index (χ1n) is 5.07. The lowest BCUT2D eigenvalue weighted by molar-refractivity contribution is 0.0229. The van der Waals surface area contributed by atoms with Crippen LogP contribution in [0.25, 0.3) is 0 Å². The molecule has 0 amide bonds. The molecule has 0 aliphatic carbocycles. The standard InChI is InChI=1S/C10H18O/c1-2-6-10-7-3-5-9(4-1)8-11-10/h9-10H,1-8H2. The van der Waals surface area contributed by atoms with Gasteiger partial charge in [-0.15, -0.1) is 0 Å². The molecule has 2 bridgehead atoms. The summed E-state index contributed by atoms with van der Waals surface area (Å²) in [6.45, 7) is 1.06. The molecule has 2 heterocycles. The van der Waals surface area contributed by atoms with E-state index in [1.807, 2.05) is 0 Å². The minimum absolute atomic E-state index is 0.625. The highest BCUT2D eigenvalue weighted by atomic mass is 16.5. The first-order chi connectivity index (χ1) is 5.45. The van der Waals surface area contributed by atoms with Gasteiger partial charge in [0.1, 0.15) is 0 Å². The van der Waals surface area contributed by atoms with Gasteiger partial charge in [0.2, 0.25) is 0 Å². The fraction of sp³-hybridized carbons (Fsp3) is 1.00. The molecule has 0 aromatic heterocycles. The molecule has 64 valence electrons. The molecule has 0 spiro atoms. The Labute approximate surface area is 69.1 Å². The number of hydrogen-bond donors (Lipinski definition) is 0. The quantitative estimate of drug-likeness (QED) is 0.521. The molecule has 2 unspecified atom stereocenters. The third kappa shape index (κ3) is 1.96. The highest BCUT2D eigenvalue weighted by Crippen LogP contribution is 2.28. The molecule has 0 aromatic rings. The van der Waals surface area contributed by atoms with Crippen molar-refractivity contribution in [2.75, 3.05) is 6.61 Å². The van der Waals surface area contributed by atoms with Gasteiger partial charge in [-0.2, -0.15) is 0 Å². The Morgan fingerprint density at radius 2 is 1.55 bits per heavy atom. The smallest absolute Gasteiger partial charge is 0.0575 e. The van der Waals surface area contributed by atoms with Crippen molar-refractivity contribution < 1.29 is 4.74 Å². The van der Waals surface area contributed by atoms with E-state index in [0.29, 0.717) is 6.10 Å². The fourth-order valence-electron chi connectivity index (χ4n) is 2.33. The minimum atomic E-state index is 0.625. The van der Waals surface area contributed by atoms with E-state index in [1.54, 1.807) is 0 Å². The number of ether oxygens (including phenoxy) is 1. The van der Waals surface area contributed by atoms with Crippen LogP contribution in [-0.4, -0.2) is 12.7 Å². The summed E-state index contributed by atoms with van der Waals surface area (Å²) in [5.41, 5.74) is 0. The molecule has 2 fully saturated rings. The van der Waals surface area contributed by atoms with Gasteiger partial charge >= 0.3 is 0 Å². The molecule has 0 radical (unpaired) electrons. The van der Waals surface area contributed by atoms with Crippen molar-refractivity contribution in [3.63, 3.8) is 0 Å². The molecule has 2 atom stereocenters. The Morgan fingerprint density at radius 1 is 0.818 bits per heavy atom. The minimum Gasteiger partial charge on any atom is -0.378 e. The van der Waals surface area contributed by atoms with E-state index in [-0.39, 0.29) is 0 Å². The summed E-state index contributed by atoms with van der Waals surface area (Å²) >= 11 is 0. The van der Waals surface area contributed by atoms with Gasteiger partial charge < -0.3 is 4.74 Å². The molecule has 2 rings (SSSR count). The summed E-state index contributed by atoms with van der Waals surface area (Å²) in [6, 6.07) is 0. The van der Waals surface area contributed by atoms with Crippen LogP contribution in [0.1, 0.15) is 44.9 Å². The average molecular weight is 154 g/mol. The molecule has 1 nitrogen and oxygen atoms in total. The van der Waals surface area contributed by atoms with Crippen LogP contribution < -0.4 is 0 Å². The molecule has 11 heavy (non-hydrogen) atoms. The van der Waals surface area contributed by atoms with E-state index in [1.165, 1.54) is 44.9 Å². The topological polar surface area (TPSA) is 9.23 Å². The molecule has 0 aromatic carbocycles. The van der Waals surface area contributed by atoms with E-state index in [4.69, 9.17) is 4.74 Å². The average Bonchev–Trinajstić information content (AvgIpc) is 2.11. The maximum Gasteiger partial charge on any atom is 0.0575 e. The highest BCUT2D eigenvalue weighted by Gasteiger charge is 2.21. The summed E-state index contributed by atoms with van der Waals surface area (Å²) < 4.78 is 5.81. The Balaban J connectivity index is 1.97. The van der Waals surface area contributed by atoms with Gasteiger partial charge in [-0.3, -0.25) is 0 Å². The van der Waals surface area contributed by atoms with E-state index in [2.05, 4.69) is 0 Å². The zero-order valence-corrected chi connectivity index (χ0v) is 7.22. The van der Waals surface area contributed by atoms with Crippen LogP contribution in [0.3, 0.4) is 0 Å².